The molecule has 0 fully saturated rings. The van der Waals surface area contributed by atoms with Crippen molar-refractivity contribution in [1.82, 2.24) is 10.6 Å². The van der Waals surface area contributed by atoms with Crippen LogP contribution in [0.5, 0.6) is 0 Å². The third-order valence-corrected chi connectivity index (χ3v) is 2.70. The molecule has 0 heterocycles. The number of hydrogen-bond donors (Lipinski definition) is 2. The quantitative estimate of drug-likeness (QED) is 0.831. The Kier molecular flexibility index (Phi) is 6.67. The van der Waals surface area contributed by atoms with E-state index in [0.29, 0.717) is 0 Å². The Bertz CT molecular complexity index is 530. The Morgan fingerprint density at radius 2 is 1.74 bits per heavy atom. The zero-order chi connectivity index (χ0) is 17.5. The number of alkyl carbamates (subject to hydrolysis) is 1. The summed E-state index contributed by atoms with van der Waals surface area (Å²) in [6, 6.07) is 7.43. The number of rotatable bonds is 6. The van der Waals surface area contributed by atoms with E-state index in [1.165, 1.54) is 0 Å². The summed E-state index contributed by atoms with van der Waals surface area (Å²) >= 11 is 0. The van der Waals surface area contributed by atoms with Crippen LogP contribution in [0.15, 0.2) is 24.3 Å². The summed E-state index contributed by atoms with van der Waals surface area (Å²) < 4.78 is 39.3. The molecule has 1 aromatic carbocycles. The van der Waals surface area contributed by atoms with Crippen molar-refractivity contribution in [1.29, 1.82) is 0 Å². The molecule has 0 aliphatic carbocycles. The van der Waals surface area contributed by atoms with Crippen LogP contribution in [0.3, 0.4) is 0 Å². The van der Waals surface area contributed by atoms with Crippen molar-refractivity contribution in [3.63, 3.8) is 0 Å². The first kappa shape index (κ1) is 18.6. The molecule has 1 rings (SSSR count). The van der Waals surface area contributed by atoms with Gasteiger partial charge in [0.2, 0.25) is 5.91 Å². The molecule has 0 aliphatic heterocycles. The van der Waals surface area contributed by atoms with Crippen LogP contribution >= 0.6 is 0 Å². The van der Waals surface area contributed by atoms with E-state index in [1.807, 2.05) is 48.6 Å². The van der Waals surface area contributed by atoms with Gasteiger partial charge in [0.05, 0.1) is 0 Å². The molecule has 0 unspecified atom stereocenters. The van der Waals surface area contributed by atoms with E-state index in [4.69, 9.17) is 0 Å². The molecule has 9 heteroatoms. The minimum absolute atomic E-state index is 0.242. The maximum atomic E-state index is 11.8. The molecule has 0 saturated heterocycles. The molecular weight excluding hydrogens is 315 g/mol. The van der Waals surface area contributed by atoms with E-state index < -0.39 is 31.3 Å². The number of nitrogens with zero attached hydrogens (tertiary/aromatic N) is 1. The molecule has 2 amide bonds. The Hall–Kier alpha value is -2.45. The molecule has 2 N–H and O–H groups in total. The molecule has 0 spiro atoms. The average Bonchev–Trinajstić information content (AvgIpc) is 2.48. The van der Waals surface area contributed by atoms with Gasteiger partial charge < -0.3 is 20.3 Å². The van der Waals surface area contributed by atoms with Gasteiger partial charge in [0.1, 0.15) is 6.54 Å². The van der Waals surface area contributed by atoms with Gasteiger partial charge in [-0.2, -0.15) is 13.2 Å². The zero-order valence-corrected chi connectivity index (χ0v) is 12.7. The summed E-state index contributed by atoms with van der Waals surface area (Å²) in [7, 11) is 3.81. The van der Waals surface area contributed by atoms with Crippen LogP contribution in [-0.2, 0) is 16.1 Å². The number of carbonyl (C=O) groups excluding carboxylic acids is 2. The Balaban J connectivity index is 2.27. The molecule has 128 valence electrons. The van der Waals surface area contributed by atoms with Gasteiger partial charge in [-0.05, 0) is 17.7 Å². The number of halogens is 3. The van der Waals surface area contributed by atoms with E-state index in [1.54, 1.807) is 0 Å². The maximum absolute atomic E-state index is 11.8. The lowest BCUT2D eigenvalue weighted by Gasteiger charge is -2.13. The molecule has 23 heavy (non-hydrogen) atoms. The fourth-order valence-corrected chi connectivity index (χ4v) is 1.53. The highest BCUT2D eigenvalue weighted by Crippen LogP contribution is 2.14. The standard InChI is InChI=1S/C14H18F3N3O3/c1-20(2)11-5-3-10(4-6-11)7-18-12(21)8-19-13(22)23-9-14(15,16)17/h3-6H,7-9H2,1-2H3,(H,18,21)(H,19,22). The Labute approximate surface area is 131 Å². The lowest BCUT2D eigenvalue weighted by molar-refractivity contribution is -0.160. The number of carbonyl (C=O) groups is 2. The number of amides is 2. The number of benzene rings is 1. The first-order chi connectivity index (χ1) is 10.7. The molecule has 0 aliphatic rings. The highest BCUT2D eigenvalue weighted by atomic mass is 19.4. The Morgan fingerprint density at radius 3 is 2.26 bits per heavy atom. The monoisotopic (exact) mass is 333 g/mol. The van der Waals surface area contributed by atoms with Gasteiger partial charge in [-0.1, -0.05) is 12.1 Å². The van der Waals surface area contributed by atoms with Crippen molar-refractivity contribution >= 4 is 17.7 Å². The average molecular weight is 333 g/mol. The topological polar surface area (TPSA) is 70.7 Å². The lowest BCUT2D eigenvalue weighted by Crippen LogP contribution is -2.37. The smallest absolute Gasteiger partial charge is 0.422 e. The number of anilines is 1. The molecular formula is C14H18F3N3O3. The van der Waals surface area contributed by atoms with Gasteiger partial charge in [0.25, 0.3) is 0 Å². The van der Waals surface area contributed by atoms with Gasteiger partial charge in [-0.25, -0.2) is 4.79 Å². The number of hydrogen-bond acceptors (Lipinski definition) is 4. The van der Waals surface area contributed by atoms with E-state index in [9.17, 15) is 22.8 Å². The third-order valence-electron chi connectivity index (χ3n) is 2.70. The molecule has 6 nitrogen and oxygen atoms in total. The SMILES string of the molecule is CN(C)c1ccc(CNC(=O)CNC(=O)OCC(F)(F)F)cc1. The number of ether oxygens (including phenoxy) is 1. The van der Waals surface area contributed by atoms with Crippen molar-refractivity contribution in [2.24, 2.45) is 0 Å². The fraction of sp³-hybridized carbons (Fsp3) is 0.429. The van der Waals surface area contributed by atoms with Gasteiger partial charge in [0, 0.05) is 26.3 Å². The van der Waals surface area contributed by atoms with Crippen molar-refractivity contribution in [2.75, 3.05) is 32.1 Å². The molecule has 0 radical (unpaired) electrons. The highest BCUT2D eigenvalue weighted by Gasteiger charge is 2.29. The normalized spacial score (nSPS) is 10.8. The second kappa shape index (κ2) is 8.25. The van der Waals surface area contributed by atoms with Crippen molar-refractivity contribution in [2.45, 2.75) is 12.7 Å². The zero-order valence-electron chi connectivity index (χ0n) is 12.7. The third kappa shape index (κ3) is 7.93. The molecule has 0 bridgehead atoms. The van der Waals surface area contributed by atoms with Gasteiger partial charge in [-0.15, -0.1) is 0 Å². The van der Waals surface area contributed by atoms with Crippen LogP contribution in [0.1, 0.15) is 5.56 Å². The summed E-state index contributed by atoms with van der Waals surface area (Å²) in [6.07, 6.45) is -5.90. The summed E-state index contributed by atoms with van der Waals surface area (Å²) in [6.45, 7) is -1.92. The molecule has 0 atom stereocenters. The van der Waals surface area contributed by atoms with E-state index in [-0.39, 0.29) is 6.54 Å². The van der Waals surface area contributed by atoms with Gasteiger partial charge in [-0.3, -0.25) is 4.79 Å². The highest BCUT2D eigenvalue weighted by molar-refractivity contribution is 5.82. The number of alkyl halides is 3. The molecule has 1 aromatic rings. The maximum Gasteiger partial charge on any atom is 0.422 e. The van der Waals surface area contributed by atoms with E-state index >= 15 is 0 Å². The van der Waals surface area contributed by atoms with Crippen LogP contribution in [-0.4, -0.2) is 45.4 Å². The van der Waals surface area contributed by atoms with Crippen LogP contribution in [0.25, 0.3) is 0 Å². The molecule has 0 aromatic heterocycles. The van der Waals surface area contributed by atoms with E-state index in [0.717, 1.165) is 11.3 Å². The Morgan fingerprint density at radius 1 is 1.13 bits per heavy atom. The van der Waals surface area contributed by atoms with Crippen molar-refractivity contribution in [3.05, 3.63) is 29.8 Å². The van der Waals surface area contributed by atoms with Crippen LogP contribution in [0, 0.1) is 0 Å². The van der Waals surface area contributed by atoms with Crippen molar-refractivity contribution < 1.29 is 27.5 Å². The second-order valence-corrected chi connectivity index (χ2v) is 4.88. The largest absolute Gasteiger partial charge is 0.440 e. The van der Waals surface area contributed by atoms with Crippen molar-refractivity contribution in [3.8, 4) is 0 Å². The summed E-state index contributed by atoms with van der Waals surface area (Å²) in [5.74, 6) is -0.536. The number of nitrogens with one attached hydrogen (secondary N) is 2. The first-order valence-electron chi connectivity index (χ1n) is 6.68. The lowest BCUT2D eigenvalue weighted by atomic mass is 10.2. The van der Waals surface area contributed by atoms with Gasteiger partial charge in [0.15, 0.2) is 6.61 Å². The summed E-state index contributed by atoms with van der Waals surface area (Å²) in [5.41, 5.74) is 1.86. The van der Waals surface area contributed by atoms with Crippen LogP contribution in [0.4, 0.5) is 23.7 Å². The van der Waals surface area contributed by atoms with Gasteiger partial charge >= 0.3 is 12.3 Å². The minimum Gasteiger partial charge on any atom is -0.440 e. The summed E-state index contributed by atoms with van der Waals surface area (Å²) in [4.78, 5) is 24.4. The predicted octanol–water partition coefficient (Wildman–Crippen LogP) is 1.66. The first-order valence-corrected chi connectivity index (χ1v) is 6.68. The fourth-order valence-electron chi connectivity index (χ4n) is 1.53. The van der Waals surface area contributed by atoms with Crippen LogP contribution in [0.2, 0.25) is 0 Å². The predicted molar refractivity (Wildman–Crippen MR) is 78.0 cm³/mol. The van der Waals surface area contributed by atoms with E-state index in [2.05, 4.69) is 10.1 Å². The second-order valence-electron chi connectivity index (χ2n) is 4.88. The minimum atomic E-state index is -4.60. The molecule has 0 saturated carbocycles. The summed E-state index contributed by atoms with van der Waals surface area (Å²) in [5, 5.41) is 4.47. The van der Waals surface area contributed by atoms with Crippen LogP contribution < -0.4 is 15.5 Å².